The van der Waals surface area contributed by atoms with Gasteiger partial charge in [-0.05, 0) is 29.8 Å². The third-order valence-electron chi connectivity index (χ3n) is 3.62. The number of carbonyl (C=O) groups excluding carboxylic acids is 1. The van der Waals surface area contributed by atoms with Crippen LogP contribution in [-0.4, -0.2) is 31.7 Å². The largest absolute Gasteiger partial charge is 0.493 e. The summed E-state index contributed by atoms with van der Waals surface area (Å²) in [7, 11) is 3.05. The van der Waals surface area contributed by atoms with Crippen LogP contribution in [0.4, 0.5) is 0 Å². The van der Waals surface area contributed by atoms with E-state index in [0.29, 0.717) is 27.4 Å². The van der Waals surface area contributed by atoms with E-state index in [4.69, 9.17) is 14.2 Å². The lowest BCUT2D eigenvalue weighted by molar-refractivity contribution is 0.0724. The van der Waals surface area contributed by atoms with Gasteiger partial charge in [0.1, 0.15) is 0 Å². The molecule has 1 saturated heterocycles. The van der Waals surface area contributed by atoms with Gasteiger partial charge in [-0.3, -0.25) is 0 Å². The molecule has 2 aromatic rings. The standard InChI is InChI=1S/C18H18O4S2/c1-20-14-4-3-5-15(21-2)16(14)22-17(19)12-6-8-13(9-7-12)18-23-10-11-24-18/h3-9,18H,10-11H2,1-2H3. The summed E-state index contributed by atoms with van der Waals surface area (Å²) in [6, 6.07) is 12.8. The molecule has 24 heavy (non-hydrogen) atoms. The van der Waals surface area contributed by atoms with Crippen molar-refractivity contribution in [3.8, 4) is 17.2 Å². The van der Waals surface area contributed by atoms with Gasteiger partial charge in [-0.25, -0.2) is 4.79 Å². The predicted octanol–water partition coefficient (Wildman–Crippen LogP) is 4.40. The average Bonchev–Trinajstić information content (AvgIpc) is 3.16. The molecule has 1 aliphatic rings. The first kappa shape index (κ1) is 17.0. The Morgan fingerprint density at radius 2 is 1.54 bits per heavy atom. The van der Waals surface area contributed by atoms with Gasteiger partial charge in [0.15, 0.2) is 11.5 Å². The molecule has 2 aromatic carbocycles. The molecule has 3 rings (SSSR count). The van der Waals surface area contributed by atoms with Crippen molar-refractivity contribution < 1.29 is 19.0 Å². The molecule has 1 heterocycles. The van der Waals surface area contributed by atoms with Crippen molar-refractivity contribution >= 4 is 29.5 Å². The number of rotatable bonds is 5. The molecule has 0 aromatic heterocycles. The van der Waals surface area contributed by atoms with E-state index in [9.17, 15) is 4.79 Å². The molecule has 0 aliphatic carbocycles. The Hall–Kier alpha value is -1.79. The van der Waals surface area contributed by atoms with Gasteiger partial charge in [0.25, 0.3) is 0 Å². The van der Waals surface area contributed by atoms with Crippen molar-refractivity contribution in [2.75, 3.05) is 25.7 Å². The molecule has 0 bridgehead atoms. The quantitative estimate of drug-likeness (QED) is 0.580. The molecule has 4 nitrogen and oxygen atoms in total. The van der Waals surface area contributed by atoms with Crippen molar-refractivity contribution in [1.29, 1.82) is 0 Å². The van der Waals surface area contributed by atoms with Gasteiger partial charge < -0.3 is 14.2 Å². The maximum Gasteiger partial charge on any atom is 0.343 e. The lowest BCUT2D eigenvalue weighted by atomic mass is 10.1. The number of hydrogen-bond acceptors (Lipinski definition) is 6. The Labute approximate surface area is 149 Å². The van der Waals surface area contributed by atoms with E-state index in [1.165, 1.54) is 31.3 Å². The Morgan fingerprint density at radius 3 is 2.08 bits per heavy atom. The van der Waals surface area contributed by atoms with E-state index in [0.717, 1.165) is 0 Å². The van der Waals surface area contributed by atoms with Crippen LogP contribution in [0.5, 0.6) is 17.2 Å². The number of para-hydroxylation sites is 1. The van der Waals surface area contributed by atoms with Gasteiger partial charge >= 0.3 is 5.97 Å². The highest BCUT2D eigenvalue weighted by Gasteiger charge is 2.20. The van der Waals surface area contributed by atoms with Crippen molar-refractivity contribution in [3.63, 3.8) is 0 Å². The summed E-state index contributed by atoms with van der Waals surface area (Å²) >= 11 is 3.87. The molecular formula is C18H18O4S2. The molecule has 0 spiro atoms. The number of carbonyl (C=O) groups is 1. The molecule has 0 N–H and O–H groups in total. The molecule has 0 unspecified atom stereocenters. The fourth-order valence-corrected chi connectivity index (χ4v) is 5.26. The average molecular weight is 362 g/mol. The zero-order valence-corrected chi connectivity index (χ0v) is 15.1. The van der Waals surface area contributed by atoms with Crippen LogP contribution >= 0.6 is 23.5 Å². The van der Waals surface area contributed by atoms with E-state index >= 15 is 0 Å². The van der Waals surface area contributed by atoms with E-state index in [2.05, 4.69) is 0 Å². The number of benzene rings is 2. The first-order valence-corrected chi connectivity index (χ1v) is 9.59. The molecular weight excluding hydrogens is 344 g/mol. The number of esters is 1. The molecule has 0 atom stereocenters. The zero-order valence-electron chi connectivity index (χ0n) is 13.5. The van der Waals surface area contributed by atoms with E-state index in [1.54, 1.807) is 30.3 Å². The summed E-state index contributed by atoms with van der Waals surface area (Å²) in [5, 5.41) is 0. The van der Waals surface area contributed by atoms with Gasteiger partial charge in [-0.1, -0.05) is 18.2 Å². The van der Waals surface area contributed by atoms with Crippen LogP contribution in [0, 0.1) is 0 Å². The maximum absolute atomic E-state index is 12.4. The van der Waals surface area contributed by atoms with Crippen LogP contribution < -0.4 is 14.2 Å². The summed E-state index contributed by atoms with van der Waals surface area (Å²) < 4.78 is 16.5. The lowest BCUT2D eigenvalue weighted by Crippen LogP contribution is -2.10. The second-order valence-electron chi connectivity index (χ2n) is 5.08. The van der Waals surface area contributed by atoms with Crippen LogP contribution in [0.2, 0.25) is 0 Å². The van der Waals surface area contributed by atoms with Crippen LogP contribution in [0.1, 0.15) is 20.5 Å². The molecule has 0 amide bonds. The minimum absolute atomic E-state index is 0.290. The van der Waals surface area contributed by atoms with Crippen LogP contribution in [-0.2, 0) is 0 Å². The smallest absolute Gasteiger partial charge is 0.343 e. The van der Waals surface area contributed by atoms with Crippen LogP contribution in [0.25, 0.3) is 0 Å². The third-order valence-corrected chi connectivity index (χ3v) is 6.72. The highest BCUT2D eigenvalue weighted by molar-refractivity contribution is 8.19. The fraction of sp³-hybridized carbons (Fsp3) is 0.278. The van der Waals surface area contributed by atoms with Gasteiger partial charge in [0.2, 0.25) is 5.75 Å². The molecule has 1 fully saturated rings. The summed E-state index contributed by atoms with van der Waals surface area (Å²) in [6.45, 7) is 0. The van der Waals surface area contributed by atoms with E-state index in [-0.39, 0.29) is 0 Å². The third kappa shape index (κ3) is 3.65. The molecule has 1 aliphatic heterocycles. The van der Waals surface area contributed by atoms with Gasteiger partial charge in [0.05, 0.1) is 24.4 Å². The Bertz CT molecular complexity index is 687. The molecule has 0 saturated carbocycles. The van der Waals surface area contributed by atoms with Gasteiger partial charge in [-0.15, -0.1) is 23.5 Å². The monoisotopic (exact) mass is 362 g/mol. The second-order valence-corrected chi connectivity index (χ2v) is 7.80. The second kappa shape index (κ2) is 7.85. The van der Waals surface area contributed by atoms with Crippen LogP contribution in [0.15, 0.2) is 42.5 Å². The van der Waals surface area contributed by atoms with Crippen molar-refractivity contribution in [3.05, 3.63) is 53.6 Å². The van der Waals surface area contributed by atoms with Gasteiger partial charge in [0, 0.05) is 11.5 Å². The van der Waals surface area contributed by atoms with E-state index in [1.807, 2.05) is 35.7 Å². The SMILES string of the molecule is COc1cccc(OC)c1OC(=O)c1ccc(C2SCCS2)cc1. The molecule has 6 heteroatoms. The molecule has 0 radical (unpaired) electrons. The summed E-state index contributed by atoms with van der Waals surface area (Å²) in [6.07, 6.45) is 0. The number of ether oxygens (including phenoxy) is 3. The van der Waals surface area contributed by atoms with Crippen molar-refractivity contribution in [1.82, 2.24) is 0 Å². The summed E-state index contributed by atoms with van der Waals surface area (Å²) in [5.41, 5.74) is 1.73. The van der Waals surface area contributed by atoms with E-state index < -0.39 is 5.97 Å². The van der Waals surface area contributed by atoms with Crippen LogP contribution in [0.3, 0.4) is 0 Å². The Morgan fingerprint density at radius 1 is 0.958 bits per heavy atom. The number of thioether (sulfide) groups is 2. The Balaban J connectivity index is 1.78. The van der Waals surface area contributed by atoms with Crippen molar-refractivity contribution in [2.45, 2.75) is 4.58 Å². The highest BCUT2D eigenvalue weighted by atomic mass is 32.2. The summed E-state index contributed by atoms with van der Waals surface area (Å²) in [4.78, 5) is 12.4. The zero-order chi connectivity index (χ0) is 16.9. The first-order valence-electron chi connectivity index (χ1n) is 7.49. The fourth-order valence-electron chi connectivity index (χ4n) is 2.40. The minimum Gasteiger partial charge on any atom is -0.493 e. The predicted molar refractivity (Wildman–Crippen MR) is 98.6 cm³/mol. The van der Waals surface area contributed by atoms with Gasteiger partial charge in [-0.2, -0.15) is 0 Å². The number of methoxy groups -OCH3 is 2. The maximum atomic E-state index is 12.4. The van der Waals surface area contributed by atoms with Crippen molar-refractivity contribution in [2.24, 2.45) is 0 Å². The Kier molecular flexibility index (Phi) is 5.58. The highest BCUT2D eigenvalue weighted by Crippen LogP contribution is 2.45. The topological polar surface area (TPSA) is 44.8 Å². The first-order chi connectivity index (χ1) is 11.7. The lowest BCUT2D eigenvalue weighted by Gasteiger charge is -2.13. The summed E-state index contributed by atoms with van der Waals surface area (Å²) in [5.74, 6) is 3.12. The normalized spacial score (nSPS) is 14.4. The molecule has 126 valence electrons. The number of hydrogen-bond donors (Lipinski definition) is 0. The minimum atomic E-state index is -0.434.